The van der Waals surface area contributed by atoms with E-state index in [-0.39, 0.29) is 75.2 Å². The molecule has 26 nitrogen and oxygen atoms in total. The van der Waals surface area contributed by atoms with E-state index >= 15 is 28.8 Å². The number of allylic oxidation sites excluding steroid dienone is 2. The molecule has 0 spiro atoms. The van der Waals surface area contributed by atoms with Crippen molar-refractivity contribution in [1.29, 1.82) is 0 Å². The first-order valence-corrected chi connectivity index (χ1v) is 33.6. The van der Waals surface area contributed by atoms with Crippen LogP contribution in [0, 0.1) is 41.4 Å². The molecule has 0 aromatic carbocycles. The number of aliphatic hydroxyl groups is 1. The lowest BCUT2D eigenvalue weighted by molar-refractivity contribution is -0.157. The van der Waals surface area contributed by atoms with Gasteiger partial charge in [-0.15, -0.1) is 0 Å². The molecule has 11 amide bonds. The van der Waals surface area contributed by atoms with E-state index in [4.69, 9.17) is 14.2 Å². The Morgan fingerprint density at radius 3 is 1.31 bits per heavy atom. The minimum atomic E-state index is -1.67. The van der Waals surface area contributed by atoms with Crippen molar-refractivity contribution in [3.63, 3.8) is 0 Å². The van der Waals surface area contributed by atoms with Gasteiger partial charge in [-0.1, -0.05) is 109 Å². The summed E-state index contributed by atoms with van der Waals surface area (Å²) in [5.74, 6) is -10.4. The number of carbonyl (C=O) groups excluding carboxylic acids is 11. The van der Waals surface area contributed by atoms with Crippen molar-refractivity contribution in [1.82, 2.24) is 55.6 Å². The van der Waals surface area contributed by atoms with Crippen molar-refractivity contribution in [2.75, 3.05) is 76.8 Å². The molecular formula is C68H123N11O15. The summed E-state index contributed by atoms with van der Waals surface area (Å²) in [6.45, 7) is 29.3. The maximum Gasteiger partial charge on any atom is 0.248 e. The molecule has 0 aliphatic carbocycles. The van der Waals surface area contributed by atoms with Crippen LogP contribution >= 0.6 is 0 Å². The van der Waals surface area contributed by atoms with Gasteiger partial charge in [0.2, 0.25) is 65.0 Å². The topological polar surface area (TPSA) is 306 Å². The van der Waals surface area contributed by atoms with E-state index in [9.17, 15) is 29.1 Å². The van der Waals surface area contributed by atoms with Crippen LogP contribution in [0.2, 0.25) is 0 Å². The predicted octanol–water partition coefficient (Wildman–Crippen LogP) is 3.66. The van der Waals surface area contributed by atoms with Gasteiger partial charge in [0.15, 0.2) is 6.29 Å². The smallest absolute Gasteiger partial charge is 0.248 e. The third-order valence-electron chi connectivity index (χ3n) is 17.7. The highest BCUT2D eigenvalue weighted by molar-refractivity contribution is 6.00. The first-order valence-electron chi connectivity index (χ1n) is 33.6. The lowest BCUT2D eigenvalue weighted by atomic mass is 9.91. The number of aliphatic hydroxyl groups excluding tert-OH is 1. The molecule has 0 aromatic rings. The number of nitrogens with one attached hydrogen (secondary N) is 4. The molecule has 94 heavy (non-hydrogen) atoms. The second-order valence-electron chi connectivity index (χ2n) is 28.1. The van der Waals surface area contributed by atoms with Crippen LogP contribution in [-0.2, 0) is 67.0 Å². The molecule has 0 bridgehead atoms. The second kappa shape index (κ2) is 40.3. The van der Waals surface area contributed by atoms with Crippen LogP contribution in [0.5, 0.6) is 0 Å². The molecule has 1 rings (SSSR count). The summed E-state index contributed by atoms with van der Waals surface area (Å²) in [4.78, 5) is 172. The van der Waals surface area contributed by atoms with Crippen LogP contribution in [0.1, 0.15) is 163 Å². The average molecular weight is 1330 g/mol. The average Bonchev–Trinajstić information content (AvgIpc) is 0.858. The number of rotatable bonds is 22. The van der Waals surface area contributed by atoms with Gasteiger partial charge in [0, 0.05) is 70.0 Å². The molecule has 1 heterocycles. The quantitative estimate of drug-likeness (QED) is 0.0587. The Labute approximate surface area is 562 Å². The van der Waals surface area contributed by atoms with Crippen molar-refractivity contribution in [2.24, 2.45) is 41.4 Å². The number of hydrogen-bond donors (Lipinski definition) is 5. The fourth-order valence-electron chi connectivity index (χ4n) is 11.7. The van der Waals surface area contributed by atoms with Gasteiger partial charge in [0.25, 0.3) is 0 Å². The predicted molar refractivity (Wildman–Crippen MR) is 361 cm³/mol. The van der Waals surface area contributed by atoms with Crippen LogP contribution in [-0.4, -0.2) is 260 Å². The van der Waals surface area contributed by atoms with Gasteiger partial charge in [-0.05, 0) is 101 Å². The van der Waals surface area contributed by atoms with Crippen LogP contribution < -0.4 is 21.3 Å². The van der Waals surface area contributed by atoms with E-state index in [1.165, 1.54) is 102 Å². The number of likely N-dealkylation sites (N-methyl/N-ethyl adjacent to an activating group) is 7. The van der Waals surface area contributed by atoms with Gasteiger partial charge in [-0.3, -0.25) is 52.7 Å². The molecule has 540 valence electrons. The Hall–Kier alpha value is -6.25. The second-order valence-corrected chi connectivity index (χ2v) is 28.1. The lowest BCUT2D eigenvalue weighted by Gasteiger charge is -2.41. The Morgan fingerprint density at radius 2 is 0.862 bits per heavy atom. The number of amides is 11. The maximum atomic E-state index is 15.3. The van der Waals surface area contributed by atoms with Crippen molar-refractivity contribution >= 4 is 65.0 Å². The summed E-state index contributed by atoms with van der Waals surface area (Å²) in [6, 6.07) is -14.3. The molecule has 1 aliphatic heterocycles. The summed E-state index contributed by atoms with van der Waals surface area (Å²) < 4.78 is 16.8. The highest BCUT2D eigenvalue weighted by Crippen LogP contribution is 2.26. The number of hydrogen-bond acceptors (Lipinski definition) is 15. The first kappa shape index (κ1) is 85.8. The van der Waals surface area contributed by atoms with Gasteiger partial charge < -0.3 is 74.9 Å². The number of carbonyl (C=O) groups is 11. The van der Waals surface area contributed by atoms with E-state index < -0.39 is 168 Å². The Balaban J connectivity index is 4.55. The first-order chi connectivity index (χ1) is 43.6. The summed E-state index contributed by atoms with van der Waals surface area (Å²) in [7, 11) is 12.8. The summed E-state index contributed by atoms with van der Waals surface area (Å²) in [6.07, 6.45) is 2.29. The molecule has 1 saturated heterocycles. The van der Waals surface area contributed by atoms with Gasteiger partial charge >= 0.3 is 0 Å². The standard InChI is InChI=1S/C68H123N11O15/c1-27-29-30-44(15)57(80)56-61(84)71-47(28-2)63(86)77(22)52(37-94-32-31-53(92-25)93-26)66(89)73(18)49(34-39(5)6)60(83)72-54(42(11)12)67(90)74(19)48(33-38(3)4)59(82)69-45(16)58(81)70-46(17)62(85)75(20)50(35-40(7)8)64(87)76(21)51(36-41(9)10)65(88)78(23)55(43(13)14)68(91)79(56)24/h27,29,38-57,80H,28,30-37H2,1-26H3,(H,69,82)(H,70,81)(H,71,84)(H,72,83)/b29-27+/t44-,45+,46-,47+,48+,49+,50+,51+,52-,54+,55+,56+,57-/m1/s1. The van der Waals surface area contributed by atoms with Gasteiger partial charge in [-0.2, -0.15) is 0 Å². The number of nitrogens with zero attached hydrogens (tertiary/aromatic N) is 7. The molecule has 1 fully saturated rings. The van der Waals surface area contributed by atoms with Crippen molar-refractivity contribution < 1.29 is 72.1 Å². The minimum Gasteiger partial charge on any atom is -0.390 e. The molecule has 13 atom stereocenters. The minimum absolute atomic E-state index is 0.00731. The lowest BCUT2D eigenvalue weighted by Crippen LogP contribution is -2.64. The highest BCUT2D eigenvalue weighted by atomic mass is 16.7. The fourth-order valence-corrected chi connectivity index (χ4v) is 11.7. The summed E-state index contributed by atoms with van der Waals surface area (Å²) >= 11 is 0. The molecule has 0 unspecified atom stereocenters. The number of methoxy groups -OCH3 is 2. The van der Waals surface area contributed by atoms with E-state index in [1.54, 1.807) is 60.6 Å². The molecular weight excluding hydrogens is 1210 g/mol. The normalized spacial score (nSPS) is 26.3. The largest absolute Gasteiger partial charge is 0.390 e. The van der Waals surface area contributed by atoms with E-state index in [0.29, 0.717) is 0 Å². The molecule has 1 aliphatic rings. The molecule has 26 heteroatoms. The van der Waals surface area contributed by atoms with Crippen molar-refractivity contribution in [3.8, 4) is 0 Å². The monoisotopic (exact) mass is 1330 g/mol. The Morgan fingerprint density at radius 1 is 0.457 bits per heavy atom. The Kier molecular flexibility index (Phi) is 36.8. The van der Waals surface area contributed by atoms with Crippen molar-refractivity contribution in [2.45, 2.75) is 242 Å². The van der Waals surface area contributed by atoms with Gasteiger partial charge in [0.05, 0.1) is 19.3 Å². The summed E-state index contributed by atoms with van der Waals surface area (Å²) in [5.41, 5.74) is 0. The Bertz CT molecular complexity index is 2530. The highest BCUT2D eigenvalue weighted by Gasteiger charge is 2.46. The maximum absolute atomic E-state index is 15.3. The van der Waals surface area contributed by atoms with Crippen LogP contribution in [0.25, 0.3) is 0 Å². The van der Waals surface area contributed by atoms with Crippen LogP contribution in [0.3, 0.4) is 0 Å². The van der Waals surface area contributed by atoms with Crippen LogP contribution in [0.4, 0.5) is 0 Å². The molecule has 5 N–H and O–H groups in total. The fraction of sp³-hybridized carbons (Fsp3) is 0.809. The third kappa shape index (κ3) is 24.4. The molecule has 0 radical (unpaired) electrons. The molecule has 0 aromatic heterocycles. The summed E-state index contributed by atoms with van der Waals surface area (Å²) in [5, 5.41) is 23.4. The van der Waals surface area contributed by atoms with E-state index in [2.05, 4.69) is 21.3 Å². The zero-order chi connectivity index (χ0) is 72.7. The zero-order valence-electron chi connectivity index (χ0n) is 61.9. The number of ether oxygens (including phenoxy) is 3. The van der Waals surface area contributed by atoms with E-state index in [1.807, 2.05) is 55.4 Å². The molecule has 0 saturated carbocycles. The van der Waals surface area contributed by atoms with Crippen molar-refractivity contribution in [3.05, 3.63) is 12.2 Å². The van der Waals surface area contributed by atoms with Crippen LogP contribution in [0.15, 0.2) is 12.2 Å². The van der Waals surface area contributed by atoms with E-state index in [0.717, 1.165) is 9.80 Å². The van der Waals surface area contributed by atoms with Gasteiger partial charge in [-0.25, -0.2) is 0 Å². The van der Waals surface area contributed by atoms with Gasteiger partial charge in [0.1, 0.15) is 66.5 Å². The zero-order valence-corrected chi connectivity index (χ0v) is 61.9. The third-order valence-corrected chi connectivity index (χ3v) is 17.7. The SMILES string of the molecule is C/C=C/C[C@@H](C)[C@@H](O)[C@H]1C(=O)N[C@@H](CC)C(=O)N(C)[C@H](COCCC(OC)OC)C(=O)N(C)[C@@H](CC(C)C)C(=O)N[C@@H](C(C)C)C(=O)N(C)[C@@H](CC(C)C)C(=O)N[C@@H](C)C(=O)N[C@H](C)C(=O)N(C)[C@@H](CC(C)C)C(=O)N(C)[C@@H](CC(C)C)C(=O)N(C)[C@@H](C(C)C)C(=O)N1C.